The van der Waals surface area contributed by atoms with Crippen LogP contribution in [0.1, 0.15) is 181 Å². The number of aryl methyl sites for hydroxylation is 1. The molecule has 42 heavy (non-hydrogen) atoms. The van der Waals surface area contributed by atoms with Crippen LogP contribution < -0.4 is 0 Å². The zero-order valence-corrected chi connectivity index (χ0v) is 28.3. The van der Waals surface area contributed by atoms with E-state index in [1.54, 1.807) is 0 Å². The zero-order chi connectivity index (χ0) is 31.6. The molecule has 230 valence electrons. The number of hydrogen-bond acceptors (Lipinski definition) is 3. The van der Waals surface area contributed by atoms with Gasteiger partial charge in [-0.05, 0) is 98.4 Å². The summed E-state index contributed by atoms with van der Waals surface area (Å²) in [4.78, 5) is 0. The van der Waals surface area contributed by atoms with E-state index in [-0.39, 0.29) is 41.4 Å². The predicted octanol–water partition coefficient (Wildman–Crippen LogP) is 11.3. The zero-order valence-electron chi connectivity index (χ0n) is 28.3. The summed E-state index contributed by atoms with van der Waals surface area (Å²) in [5.41, 5.74) is 9.63. The first-order valence-corrected chi connectivity index (χ1v) is 16.1. The summed E-state index contributed by atoms with van der Waals surface area (Å²) in [5.74, 6) is 2.59. The van der Waals surface area contributed by atoms with E-state index in [4.69, 9.17) is 0 Å². The first-order valence-electron chi connectivity index (χ1n) is 16.1. The van der Waals surface area contributed by atoms with Crippen LogP contribution >= 0.6 is 0 Å². The normalized spacial score (nSPS) is 12.4. The fraction of sp³-hybridized carbons (Fsp3) is 0.538. The van der Waals surface area contributed by atoms with Crippen molar-refractivity contribution < 1.29 is 15.3 Å². The van der Waals surface area contributed by atoms with Crippen LogP contribution in [0.25, 0.3) is 0 Å². The van der Waals surface area contributed by atoms with Gasteiger partial charge in [0.1, 0.15) is 17.2 Å². The maximum atomic E-state index is 11.2. The van der Waals surface area contributed by atoms with Crippen LogP contribution in [0.4, 0.5) is 0 Å². The van der Waals surface area contributed by atoms with Crippen LogP contribution in [0.5, 0.6) is 17.2 Å². The Bertz CT molecular complexity index is 1220. The van der Waals surface area contributed by atoms with E-state index in [1.165, 1.54) is 16.7 Å². The maximum absolute atomic E-state index is 11.2. The molecule has 3 aromatic carbocycles. The fourth-order valence-electron chi connectivity index (χ4n) is 6.18. The van der Waals surface area contributed by atoms with Crippen molar-refractivity contribution in [1.29, 1.82) is 0 Å². The van der Waals surface area contributed by atoms with Crippen LogP contribution in [0.2, 0.25) is 0 Å². The number of phenolic OH excluding ortho intramolecular Hbond substituents is 3. The third kappa shape index (κ3) is 7.16. The lowest BCUT2D eigenvalue weighted by Crippen LogP contribution is -2.09. The maximum Gasteiger partial charge on any atom is 0.122 e. The van der Waals surface area contributed by atoms with E-state index in [2.05, 4.69) is 119 Å². The minimum atomic E-state index is 0.0787. The van der Waals surface area contributed by atoms with Gasteiger partial charge in [-0.15, -0.1) is 0 Å². The van der Waals surface area contributed by atoms with Gasteiger partial charge in [0, 0.05) is 5.92 Å². The Hall–Kier alpha value is -2.94. The summed E-state index contributed by atoms with van der Waals surface area (Å²) < 4.78 is 0. The topological polar surface area (TPSA) is 60.7 Å². The second-order valence-electron chi connectivity index (χ2n) is 14.2. The molecule has 0 aliphatic rings. The summed E-state index contributed by atoms with van der Waals surface area (Å²) in [6.45, 7) is 25.7. The Labute approximate surface area is 256 Å². The number of benzene rings is 3. The van der Waals surface area contributed by atoms with Gasteiger partial charge in [0.25, 0.3) is 0 Å². The molecule has 0 spiro atoms. The van der Waals surface area contributed by atoms with Crippen molar-refractivity contribution in [3.63, 3.8) is 0 Å². The molecular formula is C39H56O3. The third-order valence-electron chi connectivity index (χ3n) is 8.87. The fourth-order valence-corrected chi connectivity index (χ4v) is 6.18. The molecule has 0 radical (unpaired) electrons. The van der Waals surface area contributed by atoms with Crippen molar-refractivity contribution in [3.05, 3.63) is 86.5 Å². The van der Waals surface area contributed by atoms with Gasteiger partial charge in [0.05, 0.1) is 0 Å². The average molecular weight is 573 g/mol. The molecule has 0 atom stereocenters. The standard InChI is InChI=1S/C39H56O3/c1-21(2)31-15-27(16-32(22(3)4)37(31)40)13-14-30(28-17-33(23(5)6)38(41)34(18-28)24(7)8)29-19-35(25(9)10)39(42)36(20-29)26(11)12/h15-26,30,40-42H,13-14H2,1-12H3. The summed E-state index contributed by atoms with van der Waals surface area (Å²) in [7, 11) is 0. The van der Waals surface area contributed by atoms with Gasteiger partial charge in [0.15, 0.2) is 0 Å². The molecule has 0 aromatic heterocycles. The molecule has 0 bridgehead atoms. The Balaban J connectivity index is 2.27. The van der Waals surface area contributed by atoms with E-state index < -0.39 is 0 Å². The van der Waals surface area contributed by atoms with Gasteiger partial charge in [-0.3, -0.25) is 0 Å². The summed E-state index contributed by atoms with van der Waals surface area (Å²) in [6, 6.07) is 13.2. The number of rotatable bonds is 11. The highest BCUT2D eigenvalue weighted by atomic mass is 16.3. The van der Waals surface area contributed by atoms with Crippen LogP contribution in [0.3, 0.4) is 0 Å². The van der Waals surface area contributed by atoms with Crippen LogP contribution in [0.15, 0.2) is 36.4 Å². The molecule has 0 aliphatic carbocycles. The van der Waals surface area contributed by atoms with E-state index in [9.17, 15) is 15.3 Å². The summed E-state index contributed by atoms with van der Waals surface area (Å²) in [5, 5.41) is 33.5. The average Bonchev–Trinajstić information content (AvgIpc) is 2.89. The molecule has 3 rings (SSSR count). The molecule has 0 fully saturated rings. The quantitative estimate of drug-likeness (QED) is 0.214. The third-order valence-corrected chi connectivity index (χ3v) is 8.87. The summed E-state index contributed by atoms with van der Waals surface area (Å²) >= 11 is 0. The first-order chi connectivity index (χ1) is 19.5. The molecule has 0 amide bonds. The van der Waals surface area contributed by atoms with Gasteiger partial charge >= 0.3 is 0 Å². The van der Waals surface area contributed by atoms with E-state index in [0.29, 0.717) is 17.2 Å². The van der Waals surface area contributed by atoms with Crippen molar-refractivity contribution in [2.45, 2.75) is 137 Å². The molecular weight excluding hydrogens is 516 g/mol. The number of phenols is 3. The van der Waals surface area contributed by atoms with E-state index in [1.807, 2.05) is 0 Å². The molecule has 0 aliphatic heterocycles. The Morgan fingerprint density at radius 3 is 0.881 bits per heavy atom. The van der Waals surface area contributed by atoms with E-state index in [0.717, 1.165) is 46.2 Å². The van der Waals surface area contributed by atoms with Crippen LogP contribution in [-0.4, -0.2) is 15.3 Å². The minimum Gasteiger partial charge on any atom is -0.507 e. The van der Waals surface area contributed by atoms with Crippen molar-refractivity contribution >= 4 is 0 Å². The second-order valence-corrected chi connectivity index (χ2v) is 14.2. The SMILES string of the molecule is CC(C)c1cc(CCC(c2cc(C(C)C)c(O)c(C(C)C)c2)c2cc(C(C)C)c(O)c(C(C)C)c2)cc(C(C)C)c1O. The molecule has 0 heterocycles. The van der Waals surface area contributed by atoms with Gasteiger partial charge in [0.2, 0.25) is 0 Å². The smallest absolute Gasteiger partial charge is 0.122 e. The lowest BCUT2D eigenvalue weighted by Gasteiger charge is -2.26. The first kappa shape index (κ1) is 33.6. The van der Waals surface area contributed by atoms with Gasteiger partial charge in [-0.2, -0.15) is 0 Å². The highest BCUT2D eigenvalue weighted by Gasteiger charge is 2.25. The van der Waals surface area contributed by atoms with Crippen LogP contribution in [-0.2, 0) is 6.42 Å². The van der Waals surface area contributed by atoms with Gasteiger partial charge < -0.3 is 15.3 Å². The molecule has 3 heteroatoms. The molecule has 3 aromatic rings. The van der Waals surface area contributed by atoms with Crippen LogP contribution in [0, 0.1) is 0 Å². The Morgan fingerprint density at radius 2 is 0.643 bits per heavy atom. The number of aromatic hydroxyl groups is 3. The highest BCUT2D eigenvalue weighted by molar-refractivity contribution is 5.53. The number of hydrogen-bond donors (Lipinski definition) is 3. The van der Waals surface area contributed by atoms with Gasteiger partial charge in [-0.25, -0.2) is 0 Å². The van der Waals surface area contributed by atoms with Crippen molar-refractivity contribution in [3.8, 4) is 17.2 Å². The lowest BCUT2D eigenvalue weighted by atomic mass is 9.79. The highest BCUT2D eigenvalue weighted by Crippen LogP contribution is 2.43. The second kappa shape index (κ2) is 13.6. The molecule has 0 unspecified atom stereocenters. The minimum absolute atomic E-state index is 0.0787. The monoisotopic (exact) mass is 572 g/mol. The largest absolute Gasteiger partial charge is 0.507 e. The van der Waals surface area contributed by atoms with Crippen molar-refractivity contribution in [2.24, 2.45) is 0 Å². The van der Waals surface area contributed by atoms with Gasteiger partial charge in [-0.1, -0.05) is 119 Å². The van der Waals surface area contributed by atoms with Crippen molar-refractivity contribution in [2.75, 3.05) is 0 Å². The molecule has 0 saturated heterocycles. The Kier molecular flexibility index (Phi) is 10.8. The molecule has 0 saturated carbocycles. The lowest BCUT2D eigenvalue weighted by molar-refractivity contribution is 0.453. The van der Waals surface area contributed by atoms with Crippen molar-refractivity contribution in [1.82, 2.24) is 0 Å². The molecule has 3 nitrogen and oxygen atoms in total. The molecule has 3 N–H and O–H groups in total. The Morgan fingerprint density at radius 1 is 0.405 bits per heavy atom. The summed E-state index contributed by atoms with van der Waals surface area (Å²) in [6.07, 6.45) is 1.73. The predicted molar refractivity (Wildman–Crippen MR) is 179 cm³/mol. The van der Waals surface area contributed by atoms with E-state index >= 15 is 0 Å².